The number of aliphatic carboxylic acids is 1. The lowest BCUT2D eigenvalue weighted by molar-refractivity contribution is -0.384. The molecule has 2 aromatic rings. The van der Waals surface area contributed by atoms with Crippen LogP contribution in [0, 0.1) is 16.0 Å². The number of aromatic nitrogens is 2. The molecule has 25 heavy (non-hydrogen) atoms. The van der Waals surface area contributed by atoms with Gasteiger partial charge in [-0.25, -0.2) is 4.68 Å². The molecule has 0 radical (unpaired) electrons. The van der Waals surface area contributed by atoms with Gasteiger partial charge >= 0.3 is 5.97 Å². The average Bonchev–Trinajstić information content (AvgIpc) is 3.08. The number of rotatable bonds is 8. The molecule has 0 spiro atoms. The van der Waals surface area contributed by atoms with E-state index >= 15 is 0 Å². The van der Waals surface area contributed by atoms with Crippen LogP contribution in [0.3, 0.4) is 0 Å². The first-order valence-electron chi connectivity index (χ1n) is 7.73. The molecule has 0 saturated carbocycles. The Balaban J connectivity index is 2.03. The van der Waals surface area contributed by atoms with Gasteiger partial charge in [0.2, 0.25) is 0 Å². The standard InChI is InChI=1S/C16H18N4O5/c1-2-3-11(16(22)23)8-17-15(21)12-9-18-19(10-12)13-4-6-14(7-5-13)20(24)25/h4-7,9-11H,2-3,8H2,1H3,(H,17,21)(H,22,23). The molecule has 1 atom stereocenters. The molecule has 2 N–H and O–H groups in total. The van der Waals surface area contributed by atoms with Crippen LogP contribution < -0.4 is 5.32 Å². The molecule has 2 rings (SSSR count). The fourth-order valence-corrected chi connectivity index (χ4v) is 2.29. The third-order valence-corrected chi connectivity index (χ3v) is 3.67. The van der Waals surface area contributed by atoms with Crippen LogP contribution in [0.5, 0.6) is 0 Å². The highest BCUT2D eigenvalue weighted by Crippen LogP contribution is 2.15. The lowest BCUT2D eigenvalue weighted by Crippen LogP contribution is -2.32. The fourth-order valence-electron chi connectivity index (χ4n) is 2.29. The first-order valence-corrected chi connectivity index (χ1v) is 7.73. The Kier molecular flexibility index (Phi) is 5.83. The highest BCUT2D eigenvalue weighted by atomic mass is 16.6. The summed E-state index contributed by atoms with van der Waals surface area (Å²) >= 11 is 0. The number of nitro groups is 1. The number of non-ortho nitro benzene ring substituents is 1. The maximum Gasteiger partial charge on any atom is 0.308 e. The number of carboxylic acids is 1. The second kappa shape index (κ2) is 8.04. The van der Waals surface area contributed by atoms with Crippen molar-refractivity contribution in [3.05, 3.63) is 52.3 Å². The van der Waals surface area contributed by atoms with E-state index in [1.54, 1.807) is 0 Å². The van der Waals surface area contributed by atoms with Gasteiger partial charge in [0, 0.05) is 24.9 Å². The number of carbonyl (C=O) groups excluding carboxylic acids is 1. The van der Waals surface area contributed by atoms with Crippen LogP contribution in [0.15, 0.2) is 36.7 Å². The number of hydrogen-bond acceptors (Lipinski definition) is 5. The van der Waals surface area contributed by atoms with Gasteiger partial charge in [-0.2, -0.15) is 5.10 Å². The summed E-state index contributed by atoms with van der Waals surface area (Å²) in [6, 6.07) is 5.74. The quantitative estimate of drug-likeness (QED) is 0.556. The second-order valence-corrected chi connectivity index (χ2v) is 5.48. The summed E-state index contributed by atoms with van der Waals surface area (Å²) in [5, 5.41) is 26.4. The van der Waals surface area contributed by atoms with Crippen molar-refractivity contribution in [2.24, 2.45) is 5.92 Å². The van der Waals surface area contributed by atoms with E-state index in [-0.39, 0.29) is 17.8 Å². The first-order chi connectivity index (χ1) is 11.9. The van der Waals surface area contributed by atoms with E-state index < -0.39 is 22.7 Å². The summed E-state index contributed by atoms with van der Waals surface area (Å²) < 4.78 is 1.42. The SMILES string of the molecule is CCCC(CNC(=O)c1cnn(-c2ccc([N+](=O)[O-])cc2)c1)C(=O)O. The molecule has 1 heterocycles. The van der Waals surface area contributed by atoms with Crippen molar-refractivity contribution in [1.29, 1.82) is 0 Å². The molecule has 1 unspecified atom stereocenters. The summed E-state index contributed by atoms with van der Waals surface area (Å²) in [5.74, 6) is -1.99. The summed E-state index contributed by atoms with van der Waals surface area (Å²) in [4.78, 5) is 33.4. The Morgan fingerprint density at radius 2 is 2.04 bits per heavy atom. The molecule has 132 valence electrons. The molecule has 1 aromatic carbocycles. The van der Waals surface area contributed by atoms with E-state index in [1.165, 1.54) is 41.3 Å². The molecular formula is C16H18N4O5. The zero-order chi connectivity index (χ0) is 18.4. The van der Waals surface area contributed by atoms with Crippen LogP contribution in [-0.2, 0) is 4.79 Å². The normalized spacial score (nSPS) is 11.7. The van der Waals surface area contributed by atoms with Crippen molar-refractivity contribution in [3.8, 4) is 5.69 Å². The van der Waals surface area contributed by atoms with Crippen LogP contribution in [0.1, 0.15) is 30.1 Å². The van der Waals surface area contributed by atoms with E-state index in [0.29, 0.717) is 18.5 Å². The molecule has 0 saturated heterocycles. The monoisotopic (exact) mass is 346 g/mol. The maximum absolute atomic E-state index is 12.1. The fraction of sp³-hybridized carbons (Fsp3) is 0.312. The largest absolute Gasteiger partial charge is 0.481 e. The summed E-state index contributed by atoms with van der Waals surface area (Å²) in [6.45, 7) is 1.93. The molecule has 0 bridgehead atoms. The molecule has 9 nitrogen and oxygen atoms in total. The van der Waals surface area contributed by atoms with Crippen molar-refractivity contribution in [1.82, 2.24) is 15.1 Å². The minimum Gasteiger partial charge on any atom is -0.481 e. The van der Waals surface area contributed by atoms with Gasteiger partial charge in [-0.3, -0.25) is 19.7 Å². The predicted octanol–water partition coefficient (Wildman–Crippen LogP) is 2.01. The Labute approximate surface area is 143 Å². The van der Waals surface area contributed by atoms with Crippen molar-refractivity contribution in [3.63, 3.8) is 0 Å². The molecule has 0 aliphatic carbocycles. The van der Waals surface area contributed by atoms with Crippen LogP contribution >= 0.6 is 0 Å². The maximum atomic E-state index is 12.1. The van der Waals surface area contributed by atoms with Crippen molar-refractivity contribution >= 4 is 17.6 Å². The molecule has 1 aromatic heterocycles. The number of nitrogens with one attached hydrogen (secondary N) is 1. The number of carboxylic acid groups (broad SMARTS) is 1. The first kappa shape index (κ1) is 18.1. The number of carbonyl (C=O) groups is 2. The van der Waals surface area contributed by atoms with Gasteiger partial charge in [0.25, 0.3) is 11.6 Å². The number of amides is 1. The summed E-state index contributed by atoms with van der Waals surface area (Å²) in [6.07, 6.45) is 4.03. The van der Waals surface area contributed by atoms with Crippen molar-refractivity contribution in [2.45, 2.75) is 19.8 Å². The van der Waals surface area contributed by atoms with E-state index in [9.17, 15) is 19.7 Å². The zero-order valence-corrected chi connectivity index (χ0v) is 13.6. The Bertz CT molecular complexity index is 769. The smallest absolute Gasteiger partial charge is 0.308 e. The van der Waals surface area contributed by atoms with Crippen LogP contribution in [0.2, 0.25) is 0 Å². The average molecular weight is 346 g/mol. The third kappa shape index (κ3) is 4.63. The molecule has 0 aliphatic rings. The van der Waals surface area contributed by atoms with E-state index in [1.807, 2.05) is 6.92 Å². The number of nitro benzene ring substituents is 1. The Morgan fingerprint density at radius 3 is 2.60 bits per heavy atom. The lowest BCUT2D eigenvalue weighted by atomic mass is 10.0. The highest BCUT2D eigenvalue weighted by molar-refractivity contribution is 5.94. The van der Waals surface area contributed by atoms with Gasteiger partial charge in [0.15, 0.2) is 0 Å². The molecular weight excluding hydrogens is 328 g/mol. The molecule has 0 aliphatic heterocycles. The lowest BCUT2D eigenvalue weighted by Gasteiger charge is -2.11. The molecule has 9 heteroatoms. The zero-order valence-electron chi connectivity index (χ0n) is 13.6. The van der Waals surface area contributed by atoms with Crippen molar-refractivity contribution < 1.29 is 19.6 Å². The Hall–Kier alpha value is -3.23. The van der Waals surface area contributed by atoms with Gasteiger partial charge in [-0.15, -0.1) is 0 Å². The molecule has 0 fully saturated rings. The van der Waals surface area contributed by atoms with Gasteiger partial charge in [0.05, 0.1) is 28.3 Å². The summed E-state index contributed by atoms with van der Waals surface area (Å²) in [5.41, 5.74) is 0.808. The number of nitrogens with zero attached hydrogens (tertiary/aromatic N) is 3. The van der Waals surface area contributed by atoms with Gasteiger partial charge in [0.1, 0.15) is 0 Å². The Morgan fingerprint density at radius 1 is 1.36 bits per heavy atom. The topological polar surface area (TPSA) is 127 Å². The van der Waals surface area contributed by atoms with Gasteiger partial charge in [-0.05, 0) is 18.6 Å². The minimum absolute atomic E-state index is 0.0375. The molecule has 1 amide bonds. The van der Waals surface area contributed by atoms with Crippen LogP contribution in [0.4, 0.5) is 5.69 Å². The second-order valence-electron chi connectivity index (χ2n) is 5.48. The van der Waals surface area contributed by atoms with Gasteiger partial charge in [-0.1, -0.05) is 13.3 Å². The summed E-state index contributed by atoms with van der Waals surface area (Å²) in [7, 11) is 0. The predicted molar refractivity (Wildman–Crippen MR) is 88.6 cm³/mol. The van der Waals surface area contributed by atoms with E-state index in [2.05, 4.69) is 10.4 Å². The number of benzene rings is 1. The highest BCUT2D eigenvalue weighted by Gasteiger charge is 2.18. The van der Waals surface area contributed by atoms with E-state index in [4.69, 9.17) is 5.11 Å². The minimum atomic E-state index is -0.941. The van der Waals surface area contributed by atoms with Gasteiger partial charge < -0.3 is 10.4 Å². The van der Waals surface area contributed by atoms with Crippen LogP contribution in [-0.4, -0.2) is 38.2 Å². The number of hydrogen-bond donors (Lipinski definition) is 2. The van der Waals surface area contributed by atoms with Crippen molar-refractivity contribution in [2.75, 3.05) is 6.54 Å². The van der Waals surface area contributed by atoms with E-state index in [0.717, 1.165) is 0 Å². The van der Waals surface area contributed by atoms with Crippen LogP contribution in [0.25, 0.3) is 5.69 Å². The third-order valence-electron chi connectivity index (χ3n) is 3.67.